The number of fused-ring (bicyclic) bond motifs is 2. The van der Waals surface area contributed by atoms with E-state index in [4.69, 9.17) is 4.74 Å². The number of imide groups is 1. The predicted octanol–water partition coefficient (Wildman–Crippen LogP) is 3.31. The van der Waals surface area contributed by atoms with Gasteiger partial charge in [0, 0.05) is 18.7 Å². The Morgan fingerprint density at radius 2 is 1.74 bits per heavy atom. The number of hydrogen-bond donors (Lipinski definition) is 0. The smallest absolute Gasteiger partial charge is 0.261 e. The highest BCUT2D eigenvalue weighted by Gasteiger charge is 2.39. The first-order chi connectivity index (χ1) is 15.1. The van der Waals surface area contributed by atoms with Crippen LogP contribution in [0.3, 0.4) is 0 Å². The van der Waals surface area contributed by atoms with Crippen LogP contribution in [0.2, 0.25) is 0 Å². The Morgan fingerprint density at radius 3 is 2.58 bits per heavy atom. The lowest BCUT2D eigenvalue weighted by Gasteiger charge is -2.43. The van der Waals surface area contributed by atoms with Gasteiger partial charge in [-0.2, -0.15) is 0 Å². The van der Waals surface area contributed by atoms with Gasteiger partial charge in [-0.15, -0.1) is 0 Å². The molecule has 5 rings (SSSR count). The van der Waals surface area contributed by atoms with E-state index in [0.717, 1.165) is 31.2 Å². The molecule has 1 saturated heterocycles. The van der Waals surface area contributed by atoms with Crippen molar-refractivity contribution in [1.29, 1.82) is 0 Å². The topological polar surface area (TPSA) is 66.9 Å². The maximum Gasteiger partial charge on any atom is 0.261 e. The molecule has 2 fully saturated rings. The Kier molecular flexibility index (Phi) is 5.32. The zero-order chi connectivity index (χ0) is 21.4. The summed E-state index contributed by atoms with van der Waals surface area (Å²) >= 11 is 0. The fourth-order valence-electron chi connectivity index (χ4n) is 5.03. The zero-order valence-electron chi connectivity index (χ0n) is 17.5. The summed E-state index contributed by atoms with van der Waals surface area (Å²) in [5, 5.41) is 0. The molecule has 3 aliphatic rings. The number of carbonyl (C=O) groups excluding carboxylic acids is 3. The van der Waals surface area contributed by atoms with E-state index in [-0.39, 0.29) is 29.9 Å². The monoisotopic (exact) mass is 418 g/mol. The van der Waals surface area contributed by atoms with Gasteiger partial charge >= 0.3 is 0 Å². The number of amides is 3. The highest BCUT2D eigenvalue weighted by atomic mass is 16.5. The van der Waals surface area contributed by atoms with Crippen molar-refractivity contribution in [3.05, 3.63) is 70.8 Å². The third-order valence-corrected chi connectivity index (χ3v) is 6.68. The van der Waals surface area contributed by atoms with Crippen molar-refractivity contribution in [3.8, 4) is 0 Å². The second-order valence-corrected chi connectivity index (χ2v) is 8.52. The molecule has 1 saturated carbocycles. The maximum atomic E-state index is 13.3. The van der Waals surface area contributed by atoms with Crippen LogP contribution in [0.25, 0.3) is 0 Å². The summed E-state index contributed by atoms with van der Waals surface area (Å²) < 4.78 is 5.88. The van der Waals surface area contributed by atoms with Crippen LogP contribution in [0.5, 0.6) is 0 Å². The van der Waals surface area contributed by atoms with Crippen LogP contribution in [0.1, 0.15) is 62.3 Å². The largest absolute Gasteiger partial charge is 0.374 e. The average Bonchev–Trinajstić information content (AvgIpc) is 3.06. The van der Waals surface area contributed by atoms with Gasteiger partial charge in [0.25, 0.3) is 17.7 Å². The zero-order valence-corrected chi connectivity index (χ0v) is 17.5. The maximum absolute atomic E-state index is 13.3. The Balaban J connectivity index is 1.34. The van der Waals surface area contributed by atoms with Crippen molar-refractivity contribution in [2.75, 3.05) is 19.7 Å². The third-order valence-electron chi connectivity index (χ3n) is 6.68. The van der Waals surface area contributed by atoms with E-state index in [2.05, 4.69) is 0 Å². The lowest BCUT2D eigenvalue weighted by molar-refractivity contribution is -0.0752. The van der Waals surface area contributed by atoms with Crippen molar-refractivity contribution < 1.29 is 19.1 Å². The van der Waals surface area contributed by atoms with E-state index in [1.807, 2.05) is 35.2 Å². The number of ether oxygens (including phenoxy) is 1. The summed E-state index contributed by atoms with van der Waals surface area (Å²) in [5.74, 6) is -0.678. The quantitative estimate of drug-likeness (QED) is 0.715. The molecule has 0 spiro atoms. The number of nitrogens with zero attached hydrogens (tertiary/aromatic N) is 2. The molecule has 3 amide bonds. The molecule has 6 nitrogen and oxygen atoms in total. The van der Waals surface area contributed by atoms with Gasteiger partial charge in [-0.25, -0.2) is 0 Å². The van der Waals surface area contributed by atoms with E-state index >= 15 is 0 Å². The van der Waals surface area contributed by atoms with Gasteiger partial charge in [0.1, 0.15) is 0 Å². The van der Waals surface area contributed by atoms with Crippen molar-refractivity contribution in [2.24, 2.45) is 0 Å². The first-order valence-corrected chi connectivity index (χ1v) is 11.1. The summed E-state index contributed by atoms with van der Waals surface area (Å²) in [7, 11) is 0. The molecule has 31 heavy (non-hydrogen) atoms. The van der Waals surface area contributed by atoms with Gasteiger partial charge in [0.15, 0.2) is 0 Å². The lowest BCUT2D eigenvalue weighted by Crippen LogP contribution is -2.54. The van der Waals surface area contributed by atoms with Crippen molar-refractivity contribution >= 4 is 17.7 Å². The van der Waals surface area contributed by atoms with Gasteiger partial charge in [0.05, 0.1) is 29.9 Å². The van der Waals surface area contributed by atoms with Crippen molar-refractivity contribution in [2.45, 2.75) is 44.2 Å². The van der Waals surface area contributed by atoms with Crippen LogP contribution in [-0.2, 0) is 11.2 Å². The molecular formula is C25H26N2O4. The summed E-state index contributed by atoms with van der Waals surface area (Å²) in [6.45, 7) is 1.43. The molecule has 6 heteroatoms. The molecule has 2 unspecified atom stereocenters. The molecule has 0 aromatic heterocycles. The average molecular weight is 418 g/mol. The summed E-state index contributed by atoms with van der Waals surface area (Å²) in [6.07, 6.45) is 4.89. The molecule has 2 atom stereocenters. The standard InChI is InChI=1S/C25H26N2O4/c28-23(26-14-15-31-22-9-5-4-8-21(22)26)18-10-11-19-20(16-18)25(30)27(24(19)29)13-12-17-6-2-1-3-7-17/h1-3,6-7,10-11,16,21-22H,4-5,8-9,12-15H2. The number of benzene rings is 2. The van der Waals surface area contributed by atoms with Crippen LogP contribution in [0.4, 0.5) is 0 Å². The lowest BCUT2D eigenvalue weighted by atomic mass is 9.89. The Morgan fingerprint density at radius 1 is 0.968 bits per heavy atom. The molecule has 0 bridgehead atoms. The SMILES string of the molecule is O=C1c2ccc(C(=O)N3CCOC4CCCCC43)cc2C(=O)N1CCc1ccccc1. The second-order valence-electron chi connectivity index (χ2n) is 8.52. The Hall–Kier alpha value is -2.99. The molecule has 1 aliphatic carbocycles. The number of hydrogen-bond acceptors (Lipinski definition) is 4. The van der Waals surface area contributed by atoms with Crippen LogP contribution < -0.4 is 0 Å². The molecule has 0 N–H and O–H groups in total. The van der Waals surface area contributed by atoms with Crippen LogP contribution in [0.15, 0.2) is 48.5 Å². The van der Waals surface area contributed by atoms with Gasteiger partial charge in [-0.05, 0) is 43.0 Å². The molecule has 2 heterocycles. The third kappa shape index (κ3) is 3.65. The molecule has 0 radical (unpaired) electrons. The fraction of sp³-hybridized carbons (Fsp3) is 0.400. The number of carbonyl (C=O) groups is 3. The minimum Gasteiger partial charge on any atom is -0.374 e. The number of morpholine rings is 1. The number of rotatable bonds is 4. The van der Waals surface area contributed by atoms with Crippen molar-refractivity contribution in [1.82, 2.24) is 9.80 Å². The van der Waals surface area contributed by atoms with Crippen LogP contribution in [0, 0.1) is 0 Å². The minimum absolute atomic E-state index is 0.0778. The van der Waals surface area contributed by atoms with Gasteiger partial charge in [-0.1, -0.05) is 43.2 Å². The van der Waals surface area contributed by atoms with Crippen LogP contribution >= 0.6 is 0 Å². The molecule has 2 aliphatic heterocycles. The summed E-state index contributed by atoms with van der Waals surface area (Å²) in [5.41, 5.74) is 2.25. The van der Waals surface area contributed by atoms with E-state index in [1.165, 1.54) is 4.90 Å². The Bertz CT molecular complexity index is 1020. The van der Waals surface area contributed by atoms with Gasteiger partial charge < -0.3 is 9.64 Å². The first-order valence-electron chi connectivity index (χ1n) is 11.1. The van der Waals surface area contributed by atoms with E-state index < -0.39 is 0 Å². The van der Waals surface area contributed by atoms with Gasteiger partial charge in [-0.3, -0.25) is 19.3 Å². The normalized spacial score (nSPS) is 23.0. The molecular weight excluding hydrogens is 392 g/mol. The van der Waals surface area contributed by atoms with E-state index in [9.17, 15) is 14.4 Å². The van der Waals surface area contributed by atoms with Crippen LogP contribution in [-0.4, -0.2) is 59.4 Å². The Labute approximate surface area is 181 Å². The minimum atomic E-state index is -0.317. The van der Waals surface area contributed by atoms with Crippen molar-refractivity contribution in [3.63, 3.8) is 0 Å². The predicted molar refractivity (Wildman–Crippen MR) is 115 cm³/mol. The fourth-order valence-corrected chi connectivity index (χ4v) is 5.03. The molecule has 2 aromatic carbocycles. The first kappa shape index (κ1) is 19.9. The highest BCUT2D eigenvalue weighted by Crippen LogP contribution is 2.31. The second kappa shape index (κ2) is 8.27. The summed E-state index contributed by atoms with van der Waals surface area (Å²) in [6, 6.07) is 14.8. The van der Waals surface area contributed by atoms with E-state index in [0.29, 0.717) is 42.8 Å². The molecule has 2 aromatic rings. The van der Waals surface area contributed by atoms with Gasteiger partial charge in [0.2, 0.25) is 0 Å². The highest BCUT2D eigenvalue weighted by molar-refractivity contribution is 6.22. The molecule has 160 valence electrons. The van der Waals surface area contributed by atoms with E-state index in [1.54, 1.807) is 18.2 Å². The summed E-state index contributed by atoms with van der Waals surface area (Å²) in [4.78, 5) is 42.3.